The van der Waals surface area contributed by atoms with Crippen LogP contribution >= 0.6 is 0 Å². The lowest BCUT2D eigenvalue weighted by molar-refractivity contribution is -0.155. The Kier molecular flexibility index (Phi) is 27.1. The Morgan fingerprint density at radius 1 is 0.975 bits per heavy atom. The zero-order valence-electron chi connectivity index (χ0n) is 29.2. The standard InChI is InChI=1S/C18H25N.C13H26O2.C4H10.C2H6/c1-7-8-16(5)18(14(2)3)13-19(6)17-11-9-15(4)10-12-17;1-6-7-8-9-11(2)10-12(14)15-13(3,4)5;1-3-4-2;1-2/h8-13H,2,7H2,1,3-6H3;11H,6-10H2,1-5H3;3-4H2,1-2H3;1-2H3/b16-8-,18-13-;;;. The third kappa shape index (κ3) is 24.7. The molecule has 0 aliphatic rings. The van der Waals surface area contributed by atoms with Crippen molar-refractivity contribution >= 4 is 11.7 Å². The number of hydrogen-bond acceptors (Lipinski definition) is 3. The molecule has 1 aromatic carbocycles. The van der Waals surface area contributed by atoms with Crippen molar-refractivity contribution < 1.29 is 9.53 Å². The van der Waals surface area contributed by atoms with E-state index in [0.717, 1.165) is 18.4 Å². The first-order chi connectivity index (χ1) is 18.7. The van der Waals surface area contributed by atoms with Crippen LogP contribution in [-0.4, -0.2) is 18.6 Å². The van der Waals surface area contributed by atoms with Gasteiger partial charge in [-0.15, -0.1) is 0 Å². The minimum Gasteiger partial charge on any atom is -0.460 e. The Hall–Kier alpha value is -2.29. The van der Waals surface area contributed by atoms with Crippen LogP contribution in [0, 0.1) is 12.8 Å². The zero-order chi connectivity index (χ0) is 31.7. The molecular formula is C37H67NO2. The first-order valence-electron chi connectivity index (χ1n) is 15.8. The maximum Gasteiger partial charge on any atom is 0.306 e. The lowest BCUT2D eigenvalue weighted by Crippen LogP contribution is -2.24. The van der Waals surface area contributed by atoms with Crippen LogP contribution in [0.3, 0.4) is 0 Å². The number of hydrogen-bond donors (Lipinski definition) is 0. The van der Waals surface area contributed by atoms with Gasteiger partial charge in [0.2, 0.25) is 0 Å². The smallest absolute Gasteiger partial charge is 0.306 e. The lowest BCUT2D eigenvalue weighted by Gasteiger charge is -2.20. The van der Waals surface area contributed by atoms with Crippen LogP contribution in [0.25, 0.3) is 0 Å². The van der Waals surface area contributed by atoms with Crippen LogP contribution in [0.2, 0.25) is 0 Å². The van der Waals surface area contributed by atoms with E-state index in [-0.39, 0.29) is 11.6 Å². The second-order valence-electron chi connectivity index (χ2n) is 11.5. The summed E-state index contributed by atoms with van der Waals surface area (Å²) in [4.78, 5) is 13.6. The average molecular weight is 558 g/mol. The first kappa shape index (κ1) is 42.2. The molecule has 3 heteroatoms. The minimum atomic E-state index is -0.347. The molecule has 0 amide bonds. The van der Waals surface area contributed by atoms with Crippen molar-refractivity contribution in [2.24, 2.45) is 5.92 Å². The van der Waals surface area contributed by atoms with Gasteiger partial charge in [0.15, 0.2) is 0 Å². The van der Waals surface area contributed by atoms with Crippen molar-refractivity contribution in [2.45, 2.75) is 147 Å². The van der Waals surface area contributed by atoms with Crippen LogP contribution in [0.1, 0.15) is 140 Å². The van der Waals surface area contributed by atoms with Gasteiger partial charge < -0.3 is 9.64 Å². The van der Waals surface area contributed by atoms with Gasteiger partial charge in [0.1, 0.15) is 5.60 Å². The molecule has 40 heavy (non-hydrogen) atoms. The number of esters is 1. The number of carbonyl (C=O) groups is 1. The number of nitrogens with zero attached hydrogens (tertiary/aromatic N) is 1. The predicted molar refractivity (Wildman–Crippen MR) is 182 cm³/mol. The third-order valence-electron chi connectivity index (χ3n) is 5.89. The van der Waals surface area contributed by atoms with E-state index in [1.807, 2.05) is 34.6 Å². The van der Waals surface area contributed by atoms with Gasteiger partial charge >= 0.3 is 5.97 Å². The number of aryl methyl sites for hydroxylation is 1. The van der Waals surface area contributed by atoms with Gasteiger partial charge in [-0.25, -0.2) is 0 Å². The van der Waals surface area contributed by atoms with Crippen LogP contribution < -0.4 is 4.90 Å². The van der Waals surface area contributed by atoms with Crippen molar-refractivity contribution in [1.82, 2.24) is 0 Å². The molecule has 0 aliphatic heterocycles. The van der Waals surface area contributed by atoms with Crippen LogP contribution in [-0.2, 0) is 9.53 Å². The van der Waals surface area contributed by atoms with Gasteiger partial charge in [-0.1, -0.05) is 117 Å². The molecule has 1 atom stereocenters. The molecule has 3 nitrogen and oxygen atoms in total. The molecule has 0 saturated carbocycles. The average Bonchev–Trinajstić information content (AvgIpc) is 2.88. The Morgan fingerprint density at radius 2 is 1.50 bits per heavy atom. The van der Waals surface area contributed by atoms with Crippen LogP contribution in [0.5, 0.6) is 0 Å². The summed E-state index contributed by atoms with van der Waals surface area (Å²) < 4.78 is 5.28. The first-order valence-corrected chi connectivity index (χ1v) is 15.8. The second-order valence-corrected chi connectivity index (χ2v) is 11.5. The Bertz CT molecular complexity index is 823. The van der Waals surface area contributed by atoms with Crippen LogP contribution in [0.15, 0.2) is 59.8 Å². The molecule has 232 valence electrons. The molecular weight excluding hydrogens is 490 g/mol. The Balaban J connectivity index is -0.000000583. The van der Waals surface area contributed by atoms with Gasteiger partial charge in [-0.05, 0) is 82.7 Å². The van der Waals surface area contributed by atoms with Crippen molar-refractivity contribution in [3.8, 4) is 0 Å². The highest BCUT2D eigenvalue weighted by atomic mass is 16.6. The van der Waals surface area contributed by atoms with E-state index in [4.69, 9.17) is 4.74 Å². The minimum absolute atomic E-state index is 0.0634. The second kappa shape index (κ2) is 25.7. The summed E-state index contributed by atoms with van der Waals surface area (Å²) in [5.41, 5.74) is 5.72. The molecule has 0 saturated heterocycles. The van der Waals surface area contributed by atoms with Gasteiger partial charge in [0.25, 0.3) is 0 Å². The molecule has 0 aromatic heterocycles. The maximum atomic E-state index is 11.5. The largest absolute Gasteiger partial charge is 0.460 e. The van der Waals surface area contributed by atoms with E-state index in [2.05, 4.69) is 110 Å². The van der Waals surface area contributed by atoms with Crippen molar-refractivity contribution in [3.05, 3.63) is 65.4 Å². The molecule has 0 spiro atoms. The van der Waals surface area contributed by atoms with Crippen molar-refractivity contribution in [1.29, 1.82) is 0 Å². The fraction of sp³-hybridized carbons (Fsp3) is 0.649. The van der Waals surface area contributed by atoms with Gasteiger partial charge in [-0.2, -0.15) is 0 Å². The third-order valence-corrected chi connectivity index (χ3v) is 5.89. The van der Waals surface area contributed by atoms with E-state index in [0.29, 0.717) is 12.3 Å². The highest BCUT2D eigenvalue weighted by Crippen LogP contribution is 2.22. The topological polar surface area (TPSA) is 29.5 Å². The fourth-order valence-corrected chi connectivity index (χ4v) is 3.53. The summed E-state index contributed by atoms with van der Waals surface area (Å²) in [5, 5.41) is 0. The summed E-state index contributed by atoms with van der Waals surface area (Å²) in [6, 6.07) is 8.55. The molecule has 1 unspecified atom stereocenters. The van der Waals surface area contributed by atoms with E-state index in [1.165, 1.54) is 54.5 Å². The fourth-order valence-electron chi connectivity index (χ4n) is 3.53. The number of carbonyl (C=O) groups excluding carboxylic acids is 1. The molecule has 0 bridgehead atoms. The number of unbranched alkanes of at least 4 members (excludes halogenated alkanes) is 3. The summed E-state index contributed by atoms with van der Waals surface area (Å²) >= 11 is 0. The zero-order valence-corrected chi connectivity index (χ0v) is 29.2. The lowest BCUT2D eigenvalue weighted by atomic mass is 10.00. The summed E-state index contributed by atoms with van der Waals surface area (Å²) in [6.07, 6.45) is 13.5. The molecule has 0 aliphatic carbocycles. The molecule has 0 radical (unpaired) electrons. The highest BCUT2D eigenvalue weighted by Gasteiger charge is 2.18. The van der Waals surface area contributed by atoms with Gasteiger partial charge in [0, 0.05) is 25.4 Å². The normalized spacial score (nSPS) is 11.9. The van der Waals surface area contributed by atoms with Crippen molar-refractivity contribution in [3.63, 3.8) is 0 Å². The maximum absolute atomic E-state index is 11.5. The van der Waals surface area contributed by atoms with E-state index in [9.17, 15) is 4.79 Å². The number of benzene rings is 1. The van der Waals surface area contributed by atoms with Gasteiger partial charge in [-0.3, -0.25) is 4.79 Å². The Morgan fingerprint density at radius 3 is 1.90 bits per heavy atom. The van der Waals surface area contributed by atoms with Gasteiger partial charge in [0.05, 0.1) is 0 Å². The molecule has 0 heterocycles. The number of ether oxygens (including phenoxy) is 1. The summed E-state index contributed by atoms with van der Waals surface area (Å²) in [7, 11) is 2.08. The molecule has 0 fully saturated rings. The monoisotopic (exact) mass is 558 g/mol. The van der Waals surface area contributed by atoms with E-state index >= 15 is 0 Å². The quantitative estimate of drug-likeness (QED) is 0.145. The van der Waals surface area contributed by atoms with E-state index < -0.39 is 0 Å². The number of anilines is 1. The molecule has 1 rings (SSSR count). The predicted octanol–water partition coefficient (Wildman–Crippen LogP) is 12.0. The van der Waals surface area contributed by atoms with Crippen molar-refractivity contribution in [2.75, 3.05) is 11.9 Å². The highest BCUT2D eigenvalue weighted by molar-refractivity contribution is 5.70. The SMILES string of the molecule is C=C(C)C(=C/N(C)c1ccc(C)cc1)/C(C)=C\CC.CC.CCCC.CCCCCC(C)CC(=O)OC(C)(C)C. The number of rotatable bonds is 12. The number of allylic oxidation sites excluding steroid dienone is 4. The van der Waals surface area contributed by atoms with Crippen LogP contribution in [0.4, 0.5) is 5.69 Å². The summed E-state index contributed by atoms with van der Waals surface area (Å²) in [6.45, 7) is 31.0. The molecule has 1 aromatic rings. The molecule has 0 N–H and O–H groups in total. The Labute approximate surface area is 251 Å². The summed E-state index contributed by atoms with van der Waals surface area (Å²) in [5.74, 6) is 0.387. The van der Waals surface area contributed by atoms with E-state index in [1.54, 1.807) is 0 Å².